The first-order chi connectivity index (χ1) is 8.92. The van der Waals surface area contributed by atoms with Crippen LogP contribution in [-0.4, -0.2) is 29.7 Å². The molecule has 0 unspecified atom stereocenters. The van der Waals surface area contributed by atoms with Gasteiger partial charge in [0.15, 0.2) is 0 Å². The summed E-state index contributed by atoms with van der Waals surface area (Å²) in [6.07, 6.45) is -0.553. The van der Waals surface area contributed by atoms with E-state index in [1.165, 1.54) is 6.21 Å². The molecule has 0 radical (unpaired) electrons. The highest BCUT2D eigenvalue weighted by Gasteiger charge is 2.28. The van der Waals surface area contributed by atoms with Crippen molar-refractivity contribution in [3.8, 4) is 0 Å². The molecule has 0 saturated heterocycles. The van der Waals surface area contributed by atoms with Gasteiger partial charge in [0.25, 0.3) is 0 Å². The number of thioether (sulfide) groups is 1. The van der Waals surface area contributed by atoms with Gasteiger partial charge in [0.2, 0.25) is 6.61 Å². The summed E-state index contributed by atoms with van der Waals surface area (Å²) in [4.78, 5) is 9.33. The Balaban J connectivity index is 2.61. The van der Waals surface area contributed by atoms with Gasteiger partial charge in [-0.3, -0.25) is 4.98 Å². The third-order valence-electron chi connectivity index (χ3n) is 2.03. The Kier molecular flexibility index (Phi) is 6.14. The lowest BCUT2D eigenvalue weighted by Crippen LogP contribution is -2.14. The summed E-state index contributed by atoms with van der Waals surface area (Å²) in [5.74, 6) is 0.966. The molecule has 0 atom stereocenters. The standard InChI is InChI=1S/C12H15F3N2OS/c1-3-4-19-11-5-10(6-16-9(11)2)7-17-18-8-12(13,14)15/h5-7H,3-4,8H2,1-2H3/b17-7+. The number of oxime groups is 1. The molecule has 19 heavy (non-hydrogen) atoms. The highest BCUT2D eigenvalue weighted by atomic mass is 32.2. The zero-order chi connectivity index (χ0) is 14.3. The summed E-state index contributed by atoms with van der Waals surface area (Å²) in [5.41, 5.74) is 1.51. The van der Waals surface area contributed by atoms with E-state index in [-0.39, 0.29) is 0 Å². The monoisotopic (exact) mass is 292 g/mol. The van der Waals surface area contributed by atoms with Crippen LogP contribution in [0.1, 0.15) is 24.6 Å². The molecule has 1 aromatic heterocycles. The second kappa shape index (κ2) is 7.37. The molecule has 7 heteroatoms. The lowest BCUT2D eigenvalue weighted by molar-refractivity contribution is -0.173. The smallest absolute Gasteiger partial charge is 0.386 e. The van der Waals surface area contributed by atoms with Crippen molar-refractivity contribution in [2.45, 2.75) is 31.3 Å². The SMILES string of the molecule is CCCSc1cc(/C=N/OCC(F)(F)F)cnc1C. The van der Waals surface area contributed by atoms with Crippen molar-refractivity contribution in [3.63, 3.8) is 0 Å². The number of nitrogens with zero attached hydrogens (tertiary/aromatic N) is 2. The molecule has 0 bridgehead atoms. The highest BCUT2D eigenvalue weighted by Crippen LogP contribution is 2.22. The van der Waals surface area contributed by atoms with Crippen LogP contribution >= 0.6 is 11.8 Å². The molecular weight excluding hydrogens is 277 g/mol. The van der Waals surface area contributed by atoms with E-state index in [0.717, 1.165) is 22.8 Å². The summed E-state index contributed by atoms with van der Waals surface area (Å²) < 4.78 is 35.5. The lowest BCUT2D eigenvalue weighted by atomic mass is 10.3. The van der Waals surface area contributed by atoms with E-state index in [2.05, 4.69) is 21.9 Å². The number of pyridine rings is 1. The van der Waals surface area contributed by atoms with Gasteiger partial charge in [-0.25, -0.2) is 0 Å². The number of aryl methyl sites for hydroxylation is 1. The Hall–Kier alpha value is -1.24. The maximum Gasteiger partial charge on any atom is 0.425 e. The molecule has 0 aliphatic rings. The molecule has 0 aliphatic carbocycles. The van der Waals surface area contributed by atoms with Crippen LogP contribution in [0.3, 0.4) is 0 Å². The van der Waals surface area contributed by atoms with Crippen LogP contribution < -0.4 is 0 Å². The molecule has 1 aromatic rings. The van der Waals surface area contributed by atoms with Gasteiger partial charge < -0.3 is 4.84 Å². The minimum Gasteiger partial charge on any atom is -0.386 e. The first kappa shape index (κ1) is 15.8. The number of alkyl halides is 3. The molecule has 1 rings (SSSR count). The number of rotatable bonds is 6. The van der Waals surface area contributed by atoms with Gasteiger partial charge in [-0.05, 0) is 25.2 Å². The first-order valence-corrected chi connectivity index (χ1v) is 6.72. The molecule has 0 amide bonds. The molecule has 0 fully saturated rings. The van der Waals surface area contributed by atoms with E-state index in [9.17, 15) is 13.2 Å². The van der Waals surface area contributed by atoms with Gasteiger partial charge >= 0.3 is 6.18 Å². The Morgan fingerprint density at radius 3 is 2.84 bits per heavy atom. The van der Waals surface area contributed by atoms with Crippen molar-refractivity contribution >= 4 is 18.0 Å². The number of hydrogen-bond acceptors (Lipinski definition) is 4. The normalized spacial score (nSPS) is 12.1. The molecule has 0 aliphatic heterocycles. The fourth-order valence-corrected chi connectivity index (χ4v) is 2.07. The second-order valence-electron chi connectivity index (χ2n) is 3.82. The summed E-state index contributed by atoms with van der Waals surface area (Å²) in [6.45, 7) is 2.57. The zero-order valence-electron chi connectivity index (χ0n) is 10.7. The second-order valence-corrected chi connectivity index (χ2v) is 4.96. The fourth-order valence-electron chi connectivity index (χ4n) is 1.17. The predicted molar refractivity (Wildman–Crippen MR) is 69.6 cm³/mol. The van der Waals surface area contributed by atoms with Crippen LogP contribution in [0.15, 0.2) is 22.3 Å². The van der Waals surface area contributed by atoms with Gasteiger partial charge in [0.1, 0.15) is 0 Å². The van der Waals surface area contributed by atoms with Crippen LogP contribution in [-0.2, 0) is 4.84 Å². The molecule has 0 aromatic carbocycles. The maximum absolute atomic E-state index is 11.8. The summed E-state index contributed by atoms with van der Waals surface area (Å²) in [5, 5.41) is 3.28. The van der Waals surface area contributed by atoms with Crippen molar-refractivity contribution in [1.82, 2.24) is 4.98 Å². The summed E-state index contributed by atoms with van der Waals surface area (Å²) in [6, 6.07) is 1.84. The fraction of sp³-hybridized carbons (Fsp3) is 0.500. The van der Waals surface area contributed by atoms with Gasteiger partial charge in [0, 0.05) is 16.7 Å². The zero-order valence-corrected chi connectivity index (χ0v) is 11.5. The van der Waals surface area contributed by atoms with Crippen LogP contribution in [0.2, 0.25) is 0 Å². The van der Waals surface area contributed by atoms with Crippen molar-refractivity contribution in [1.29, 1.82) is 0 Å². The molecule has 3 nitrogen and oxygen atoms in total. The quantitative estimate of drug-likeness (QED) is 0.454. The van der Waals surface area contributed by atoms with Crippen molar-refractivity contribution in [3.05, 3.63) is 23.5 Å². The van der Waals surface area contributed by atoms with Crippen molar-refractivity contribution < 1.29 is 18.0 Å². The molecule has 0 N–H and O–H groups in total. The van der Waals surface area contributed by atoms with Crippen LogP contribution in [0.4, 0.5) is 13.2 Å². The Morgan fingerprint density at radius 1 is 1.47 bits per heavy atom. The average Bonchev–Trinajstić information content (AvgIpc) is 2.33. The molecule has 0 saturated carbocycles. The van der Waals surface area contributed by atoms with E-state index < -0.39 is 12.8 Å². The van der Waals surface area contributed by atoms with E-state index in [1.807, 2.05) is 13.0 Å². The number of halogens is 3. The van der Waals surface area contributed by atoms with Gasteiger partial charge in [0.05, 0.1) is 11.9 Å². The van der Waals surface area contributed by atoms with E-state index in [4.69, 9.17) is 0 Å². The average molecular weight is 292 g/mol. The lowest BCUT2D eigenvalue weighted by Gasteiger charge is -2.05. The Labute approximate surface area is 114 Å². The first-order valence-electron chi connectivity index (χ1n) is 5.74. The number of aromatic nitrogens is 1. The molecule has 0 spiro atoms. The molecule has 106 valence electrons. The summed E-state index contributed by atoms with van der Waals surface area (Å²) >= 11 is 1.66. The molecular formula is C12H15F3N2OS. The van der Waals surface area contributed by atoms with Gasteiger partial charge in [-0.2, -0.15) is 13.2 Å². The van der Waals surface area contributed by atoms with Gasteiger partial charge in [-0.1, -0.05) is 12.1 Å². The van der Waals surface area contributed by atoms with Crippen molar-refractivity contribution in [2.24, 2.45) is 5.16 Å². The van der Waals surface area contributed by atoms with Crippen LogP contribution in [0, 0.1) is 6.92 Å². The Bertz CT molecular complexity index is 435. The van der Waals surface area contributed by atoms with E-state index in [0.29, 0.717) is 5.56 Å². The Morgan fingerprint density at radius 2 is 2.21 bits per heavy atom. The third kappa shape index (κ3) is 6.47. The van der Waals surface area contributed by atoms with Crippen LogP contribution in [0.5, 0.6) is 0 Å². The topological polar surface area (TPSA) is 34.5 Å². The predicted octanol–water partition coefficient (Wildman–Crippen LogP) is 3.80. The third-order valence-corrected chi connectivity index (χ3v) is 3.36. The largest absolute Gasteiger partial charge is 0.425 e. The number of hydrogen-bond donors (Lipinski definition) is 0. The van der Waals surface area contributed by atoms with Gasteiger partial charge in [-0.15, -0.1) is 11.8 Å². The van der Waals surface area contributed by atoms with Crippen molar-refractivity contribution in [2.75, 3.05) is 12.4 Å². The molecule has 1 heterocycles. The minimum atomic E-state index is -4.37. The maximum atomic E-state index is 11.8. The minimum absolute atomic E-state index is 0.617. The van der Waals surface area contributed by atoms with E-state index in [1.54, 1.807) is 18.0 Å². The highest BCUT2D eigenvalue weighted by molar-refractivity contribution is 7.99. The van der Waals surface area contributed by atoms with Crippen LogP contribution in [0.25, 0.3) is 0 Å². The summed E-state index contributed by atoms with van der Waals surface area (Å²) in [7, 11) is 0. The van der Waals surface area contributed by atoms with E-state index >= 15 is 0 Å².